The number of rotatable bonds is 54. The van der Waals surface area contributed by atoms with E-state index in [4.69, 9.17) is 14.2 Å². The number of carbonyl (C=O) groups is 2. The predicted octanol–water partition coefficient (Wildman–Crippen LogP) is 20.2. The minimum Gasteiger partial charge on any atom is -0.462 e. The lowest BCUT2D eigenvalue weighted by Crippen LogP contribution is -2.30. The summed E-state index contributed by atoms with van der Waals surface area (Å²) in [5.41, 5.74) is 0. The Morgan fingerprint density at radius 2 is 0.618 bits per heavy atom. The Morgan fingerprint density at radius 1 is 0.324 bits per heavy atom. The zero-order valence-electron chi connectivity index (χ0n) is 45.4. The second-order valence-electron chi connectivity index (χ2n) is 19.5. The summed E-state index contributed by atoms with van der Waals surface area (Å²) in [7, 11) is 0. The highest BCUT2D eigenvalue weighted by Crippen LogP contribution is 2.14. The zero-order chi connectivity index (χ0) is 49.2. The molecule has 5 nitrogen and oxygen atoms in total. The number of ether oxygens (including phenoxy) is 3. The molecule has 0 aromatic carbocycles. The van der Waals surface area contributed by atoms with Gasteiger partial charge in [0.1, 0.15) is 6.61 Å². The van der Waals surface area contributed by atoms with E-state index in [1.165, 1.54) is 180 Å². The van der Waals surface area contributed by atoms with Gasteiger partial charge in [-0.05, 0) is 116 Å². The van der Waals surface area contributed by atoms with Crippen LogP contribution in [-0.2, 0) is 23.8 Å². The van der Waals surface area contributed by atoms with Crippen molar-refractivity contribution in [3.05, 3.63) is 72.9 Å². The fraction of sp³-hybridized carbons (Fsp3) is 0.778. The molecule has 0 spiro atoms. The van der Waals surface area contributed by atoms with E-state index in [1.807, 2.05) is 0 Å². The summed E-state index contributed by atoms with van der Waals surface area (Å²) < 4.78 is 17.5. The highest BCUT2D eigenvalue weighted by molar-refractivity contribution is 5.70. The lowest BCUT2D eigenvalue weighted by atomic mass is 10.1. The summed E-state index contributed by atoms with van der Waals surface area (Å²) in [6.45, 7) is 7.76. The first-order chi connectivity index (χ1) is 33.6. The molecule has 0 aliphatic rings. The molecule has 0 N–H and O–H groups in total. The van der Waals surface area contributed by atoms with E-state index in [0.29, 0.717) is 19.4 Å². The Bertz CT molecular complexity index is 1210. The second-order valence-corrected chi connectivity index (χ2v) is 19.5. The van der Waals surface area contributed by atoms with E-state index in [9.17, 15) is 9.59 Å². The van der Waals surface area contributed by atoms with Crippen molar-refractivity contribution >= 4 is 11.9 Å². The normalized spacial score (nSPS) is 12.7. The Kier molecular flexibility index (Phi) is 56.4. The summed E-state index contributed by atoms with van der Waals surface area (Å²) in [6, 6.07) is 0. The van der Waals surface area contributed by atoms with Crippen molar-refractivity contribution in [1.29, 1.82) is 0 Å². The van der Waals surface area contributed by atoms with Crippen molar-refractivity contribution < 1.29 is 23.8 Å². The molecule has 0 aliphatic heterocycles. The molecule has 0 saturated carbocycles. The van der Waals surface area contributed by atoms with Gasteiger partial charge in [-0.25, -0.2) is 0 Å². The molecule has 5 heteroatoms. The van der Waals surface area contributed by atoms with Crippen molar-refractivity contribution in [3.8, 4) is 0 Å². The fourth-order valence-electron chi connectivity index (χ4n) is 8.25. The topological polar surface area (TPSA) is 61.8 Å². The maximum Gasteiger partial charge on any atom is 0.306 e. The van der Waals surface area contributed by atoms with E-state index < -0.39 is 6.10 Å². The number of hydrogen-bond donors (Lipinski definition) is 0. The third kappa shape index (κ3) is 55.9. The molecule has 0 heterocycles. The van der Waals surface area contributed by atoms with E-state index >= 15 is 0 Å². The van der Waals surface area contributed by atoms with Crippen LogP contribution in [0.4, 0.5) is 0 Å². The van der Waals surface area contributed by atoms with Gasteiger partial charge in [-0.1, -0.05) is 235 Å². The van der Waals surface area contributed by atoms with Crippen molar-refractivity contribution in [3.63, 3.8) is 0 Å². The highest BCUT2D eigenvalue weighted by atomic mass is 16.6. The van der Waals surface area contributed by atoms with Gasteiger partial charge in [-0.2, -0.15) is 0 Å². The van der Waals surface area contributed by atoms with Gasteiger partial charge < -0.3 is 14.2 Å². The summed E-state index contributed by atoms with van der Waals surface area (Å²) in [5.74, 6) is -0.416. The average molecular weight is 950 g/mol. The summed E-state index contributed by atoms with van der Waals surface area (Å²) in [4.78, 5) is 25.5. The van der Waals surface area contributed by atoms with Crippen LogP contribution in [0, 0.1) is 0 Å². The molecule has 0 saturated heterocycles. The minimum atomic E-state index is -0.554. The van der Waals surface area contributed by atoms with E-state index in [2.05, 4.69) is 93.7 Å². The Hall–Kier alpha value is -2.66. The van der Waals surface area contributed by atoms with E-state index in [-0.39, 0.29) is 25.2 Å². The zero-order valence-corrected chi connectivity index (χ0v) is 45.4. The first kappa shape index (κ1) is 65.3. The minimum absolute atomic E-state index is 0.0723. The van der Waals surface area contributed by atoms with Crippen LogP contribution in [0.1, 0.15) is 290 Å². The van der Waals surface area contributed by atoms with Gasteiger partial charge in [0.15, 0.2) is 6.10 Å². The highest BCUT2D eigenvalue weighted by Gasteiger charge is 2.17. The van der Waals surface area contributed by atoms with Crippen LogP contribution in [0.3, 0.4) is 0 Å². The molecule has 0 rings (SSSR count). The molecule has 1 unspecified atom stereocenters. The molecular weight excluding hydrogens is 837 g/mol. The first-order valence-electron chi connectivity index (χ1n) is 29.5. The van der Waals surface area contributed by atoms with Crippen molar-refractivity contribution in [2.45, 2.75) is 297 Å². The number of allylic oxidation sites excluding steroid dienone is 12. The van der Waals surface area contributed by atoms with E-state index in [1.54, 1.807) is 0 Å². The maximum atomic E-state index is 12.9. The average Bonchev–Trinajstić information content (AvgIpc) is 3.34. The predicted molar refractivity (Wildman–Crippen MR) is 297 cm³/mol. The van der Waals surface area contributed by atoms with Crippen LogP contribution >= 0.6 is 0 Å². The molecule has 0 aromatic heterocycles. The SMILES string of the molecule is CCCCC/C=C\C/C=C\C/C=C\CCCCCCCCCOCC(COC(=O)CCCCCCCCC/C=C\CCCCCCCC)OC(=O)CCCCCCC/C=C\C/C=C\CCCCC. The van der Waals surface area contributed by atoms with Crippen LogP contribution in [0.15, 0.2) is 72.9 Å². The first-order valence-corrected chi connectivity index (χ1v) is 29.5. The van der Waals surface area contributed by atoms with Gasteiger partial charge in [-0.15, -0.1) is 0 Å². The smallest absolute Gasteiger partial charge is 0.306 e. The number of carbonyl (C=O) groups excluding carboxylic acids is 2. The summed E-state index contributed by atoms with van der Waals surface area (Å²) in [6.07, 6.45) is 76.3. The van der Waals surface area contributed by atoms with Crippen LogP contribution < -0.4 is 0 Å². The molecule has 0 amide bonds. The Labute approximate surface area is 423 Å². The van der Waals surface area contributed by atoms with Crippen LogP contribution in [0.5, 0.6) is 0 Å². The van der Waals surface area contributed by atoms with Gasteiger partial charge in [0.2, 0.25) is 0 Å². The summed E-state index contributed by atoms with van der Waals surface area (Å²) >= 11 is 0. The van der Waals surface area contributed by atoms with Gasteiger partial charge in [-0.3, -0.25) is 9.59 Å². The van der Waals surface area contributed by atoms with Crippen molar-refractivity contribution in [2.24, 2.45) is 0 Å². The lowest BCUT2D eigenvalue weighted by molar-refractivity contribution is -0.163. The summed E-state index contributed by atoms with van der Waals surface area (Å²) in [5, 5.41) is 0. The molecule has 0 aliphatic carbocycles. The third-order valence-electron chi connectivity index (χ3n) is 12.7. The molecule has 0 fully saturated rings. The molecule has 0 radical (unpaired) electrons. The van der Waals surface area contributed by atoms with Gasteiger partial charge >= 0.3 is 11.9 Å². The van der Waals surface area contributed by atoms with Crippen LogP contribution in [0.25, 0.3) is 0 Å². The number of hydrogen-bond acceptors (Lipinski definition) is 5. The van der Waals surface area contributed by atoms with E-state index in [0.717, 1.165) is 77.0 Å². The van der Waals surface area contributed by atoms with Crippen molar-refractivity contribution in [2.75, 3.05) is 19.8 Å². The second kappa shape index (κ2) is 58.7. The van der Waals surface area contributed by atoms with Crippen LogP contribution in [0.2, 0.25) is 0 Å². The van der Waals surface area contributed by atoms with Crippen LogP contribution in [-0.4, -0.2) is 37.9 Å². The molecule has 0 bridgehead atoms. The molecule has 0 aromatic rings. The van der Waals surface area contributed by atoms with Crippen molar-refractivity contribution in [1.82, 2.24) is 0 Å². The number of unbranched alkanes of at least 4 members (excludes halogenated alkanes) is 31. The monoisotopic (exact) mass is 949 g/mol. The fourth-order valence-corrected chi connectivity index (χ4v) is 8.25. The Balaban J connectivity index is 4.31. The largest absolute Gasteiger partial charge is 0.462 e. The third-order valence-corrected chi connectivity index (χ3v) is 12.7. The number of esters is 2. The standard InChI is InChI=1S/C63H112O5/c1-4-7-10-13-16-19-22-25-28-30-31-32-34-37-40-43-46-49-52-55-58-66-59-61(68-63(65)57-54-51-48-45-42-39-35-27-24-21-18-15-12-9-6-3)60-67-62(64)56-53-50-47-44-41-38-36-33-29-26-23-20-17-14-11-8-5-2/h16,18-19,21,25-29,31-32,35,61H,4-15,17,20,22-24,30,33-34,36-60H2,1-3H3/b19-16-,21-18-,28-25-,29-26-,32-31-,35-27-. The maximum absolute atomic E-state index is 12.9. The Morgan fingerprint density at radius 3 is 1.03 bits per heavy atom. The molecular formula is C63H112O5. The molecule has 68 heavy (non-hydrogen) atoms. The quantitative estimate of drug-likeness (QED) is 0.0345. The lowest BCUT2D eigenvalue weighted by Gasteiger charge is -2.18. The van der Waals surface area contributed by atoms with Gasteiger partial charge in [0.05, 0.1) is 6.61 Å². The van der Waals surface area contributed by atoms with Gasteiger partial charge in [0, 0.05) is 19.4 Å². The molecule has 394 valence electrons. The van der Waals surface area contributed by atoms with Gasteiger partial charge in [0.25, 0.3) is 0 Å². The molecule has 1 atom stereocenters.